The van der Waals surface area contributed by atoms with Crippen LogP contribution in [0.15, 0.2) is 24.4 Å². The van der Waals surface area contributed by atoms with E-state index in [4.69, 9.17) is 5.11 Å². The number of aromatic hydroxyl groups is 1. The van der Waals surface area contributed by atoms with Gasteiger partial charge in [0.05, 0.1) is 22.5 Å². The molecule has 0 atom stereocenters. The molecule has 6 nitrogen and oxygen atoms in total. The van der Waals surface area contributed by atoms with Gasteiger partial charge in [-0.15, -0.1) is 11.3 Å². The van der Waals surface area contributed by atoms with Crippen molar-refractivity contribution in [2.75, 3.05) is 5.32 Å². The number of carbonyl (C=O) groups is 2. The average Bonchev–Trinajstić information content (AvgIpc) is 2.78. The first kappa shape index (κ1) is 13.0. The van der Waals surface area contributed by atoms with E-state index in [1.54, 1.807) is 6.92 Å². The maximum Gasteiger partial charge on any atom is 0.337 e. The van der Waals surface area contributed by atoms with Crippen molar-refractivity contribution in [3.63, 3.8) is 0 Å². The Kier molecular flexibility index (Phi) is 3.48. The normalized spacial score (nSPS) is 10.2. The second-order valence-electron chi connectivity index (χ2n) is 3.73. The number of aromatic nitrogens is 1. The zero-order valence-electron chi connectivity index (χ0n) is 9.88. The Morgan fingerprint density at radius 3 is 2.68 bits per heavy atom. The number of nitrogens with one attached hydrogen (secondary N) is 1. The topological polar surface area (TPSA) is 99.5 Å². The van der Waals surface area contributed by atoms with Crippen molar-refractivity contribution in [3.8, 4) is 5.75 Å². The summed E-state index contributed by atoms with van der Waals surface area (Å²) >= 11 is 1.21. The van der Waals surface area contributed by atoms with Crippen LogP contribution in [0.5, 0.6) is 5.75 Å². The lowest BCUT2D eigenvalue weighted by atomic mass is 10.1. The fourth-order valence-electron chi connectivity index (χ4n) is 1.47. The highest BCUT2D eigenvalue weighted by Crippen LogP contribution is 2.22. The van der Waals surface area contributed by atoms with E-state index in [0.29, 0.717) is 4.88 Å². The Balaban J connectivity index is 2.28. The number of rotatable bonds is 3. The molecule has 1 aromatic heterocycles. The van der Waals surface area contributed by atoms with Gasteiger partial charge in [0.2, 0.25) is 0 Å². The van der Waals surface area contributed by atoms with Crippen LogP contribution < -0.4 is 5.32 Å². The average molecular weight is 278 g/mol. The smallest absolute Gasteiger partial charge is 0.337 e. The number of carbonyl (C=O) groups excluding carboxylic acids is 1. The van der Waals surface area contributed by atoms with Crippen LogP contribution in [0.25, 0.3) is 0 Å². The van der Waals surface area contributed by atoms with Gasteiger partial charge in [0, 0.05) is 0 Å². The molecule has 0 bridgehead atoms. The van der Waals surface area contributed by atoms with Gasteiger partial charge >= 0.3 is 5.97 Å². The number of thiazole rings is 1. The zero-order valence-corrected chi connectivity index (χ0v) is 10.7. The summed E-state index contributed by atoms with van der Waals surface area (Å²) in [6, 6.07) is 3.72. The first-order valence-electron chi connectivity index (χ1n) is 5.27. The minimum atomic E-state index is -1.23. The van der Waals surface area contributed by atoms with Crippen LogP contribution in [0.4, 0.5) is 5.69 Å². The molecule has 0 aliphatic heterocycles. The molecule has 7 heteroatoms. The molecule has 1 heterocycles. The summed E-state index contributed by atoms with van der Waals surface area (Å²) < 4.78 is 0. The van der Waals surface area contributed by atoms with E-state index in [1.165, 1.54) is 29.7 Å². The van der Waals surface area contributed by atoms with Crippen LogP contribution in [0, 0.1) is 6.92 Å². The third-order valence-electron chi connectivity index (χ3n) is 2.33. The van der Waals surface area contributed by atoms with Crippen LogP contribution in [-0.2, 0) is 0 Å². The van der Waals surface area contributed by atoms with Crippen LogP contribution in [0.1, 0.15) is 25.0 Å². The number of carboxylic acid groups (broad SMARTS) is 1. The number of aryl methyl sites for hydroxylation is 1. The van der Waals surface area contributed by atoms with E-state index in [1.807, 2.05) is 0 Å². The number of phenols is 1. The highest BCUT2D eigenvalue weighted by Gasteiger charge is 2.15. The lowest BCUT2D eigenvalue weighted by molar-refractivity contribution is 0.0697. The van der Waals surface area contributed by atoms with Gasteiger partial charge in [-0.05, 0) is 25.1 Å². The van der Waals surface area contributed by atoms with Gasteiger partial charge in [-0.2, -0.15) is 0 Å². The van der Waals surface area contributed by atoms with Crippen molar-refractivity contribution >= 4 is 28.9 Å². The largest absolute Gasteiger partial charge is 0.508 e. The number of nitrogens with zero attached hydrogens (tertiary/aromatic N) is 1. The van der Waals surface area contributed by atoms with Gasteiger partial charge in [0.25, 0.3) is 5.91 Å². The monoisotopic (exact) mass is 278 g/mol. The van der Waals surface area contributed by atoms with E-state index in [2.05, 4.69) is 10.3 Å². The Hall–Kier alpha value is -2.41. The SMILES string of the molecule is Cc1ncc(C(=O)Nc2ccc(O)cc2C(=O)O)s1. The van der Waals surface area contributed by atoms with Crippen molar-refractivity contribution < 1.29 is 19.8 Å². The van der Waals surface area contributed by atoms with Crippen molar-refractivity contribution in [1.29, 1.82) is 0 Å². The summed E-state index contributed by atoms with van der Waals surface area (Å²) in [7, 11) is 0. The molecule has 2 rings (SSSR count). The minimum absolute atomic E-state index is 0.126. The second-order valence-corrected chi connectivity index (χ2v) is 4.97. The molecular weight excluding hydrogens is 268 g/mol. The Bertz CT molecular complexity index is 651. The fraction of sp³-hybridized carbons (Fsp3) is 0.0833. The predicted octanol–water partition coefficient (Wildman–Crippen LogP) is 2.11. The standard InChI is InChI=1S/C12H10N2O4S/c1-6-13-5-10(19-6)11(16)14-9-3-2-7(15)4-8(9)12(17)18/h2-5,15H,1H3,(H,14,16)(H,17,18). The van der Waals surface area contributed by atoms with Crippen LogP contribution in [-0.4, -0.2) is 27.1 Å². The van der Waals surface area contributed by atoms with Crippen molar-refractivity contribution in [3.05, 3.63) is 39.8 Å². The highest BCUT2D eigenvalue weighted by atomic mass is 32.1. The number of hydrogen-bond donors (Lipinski definition) is 3. The third-order valence-corrected chi connectivity index (χ3v) is 3.24. The summed E-state index contributed by atoms with van der Waals surface area (Å²) in [4.78, 5) is 27.3. The lowest BCUT2D eigenvalue weighted by Crippen LogP contribution is -2.13. The number of aromatic carboxylic acids is 1. The van der Waals surface area contributed by atoms with E-state index in [9.17, 15) is 14.7 Å². The maximum atomic E-state index is 11.9. The molecular formula is C12H10N2O4S. The second kappa shape index (κ2) is 5.07. The van der Waals surface area contributed by atoms with Gasteiger partial charge in [-0.1, -0.05) is 0 Å². The summed E-state index contributed by atoms with van der Waals surface area (Å²) in [5.41, 5.74) is -0.0454. The van der Waals surface area contributed by atoms with Gasteiger partial charge in [-0.3, -0.25) is 4.79 Å². The Morgan fingerprint density at radius 2 is 2.11 bits per heavy atom. The Morgan fingerprint density at radius 1 is 1.37 bits per heavy atom. The molecule has 19 heavy (non-hydrogen) atoms. The number of hydrogen-bond acceptors (Lipinski definition) is 5. The molecule has 0 saturated heterocycles. The summed E-state index contributed by atoms with van der Waals surface area (Å²) in [6.07, 6.45) is 1.43. The molecule has 0 aliphatic rings. The van der Waals surface area contributed by atoms with Crippen LogP contribution >= 0.6 is 11.3 Å². The highest BCUT2D eigenvalue weighted by molar-refractivity contribution is 7.13. The molecule has 1 amide bonds. The van der Waals surface area contributed by atoms with Crippen LogP contribution in [0.3, 0.4) is 0 Å². The number of carboxylic acids is 1. The lowest BCUT2D eigenvalue weighted by Gasteiger charge is -2.07. The molecule has 0 aliphatic carbocycles. The molecule has 0 fully saturated rings. The van der Waals surface area contributed by atoms with Crippen LogP contribution in [0.2, 0.25) is 0 Å². The quantitative estimate of drug-likeness (QED) is 0.747. The third kappa shape index (κ3) is 2.89. The molecule has 1 aromatic carbocycles. The number of benzene rings is 1. The minimum Gasteiger partial charge on any atom is -0.508 e. The van der Waals surface area contributed by atoms with Crippen molar-refractivity contribution in [1.82, 2.24) is 4.98 Å². The molecule has 0 unspecified atom stereocenters. The zero-order chi connectivity index (χ0) is 14.0. The van der Waals surface area contributed by atoms with Gasteiger partial charge in [-0.25, -0.2) is 9.78 Å². The number of amides is 1. The first-order chi connectivity index (χ1) is 8.97. The van der Waals surface area contributed by atoms with Crippen molar-refractivity contribution in [2.24, 2.45) is 0 Å². The molecule has 0 radical (unpaired) electrons. The van der Waals surface area contributed by atoms with E-state index in [-0.39, 0.29) is 17.0 Å². The van der Waals surface area contributed by atoms with E-state index in [0.717, 1.165) is 11.1 Å². The van der Waals surface area contributed by atoms with Gasteiger partial charge < -0.3 is 15.5 Å². The molecule has 3 N–H and O–H groups in total. The number of anilines is 1. The van der Waals surface area contributed by atoms with E-state index < -0.39 is 11.9 Å². The van der Waals surface area contributed by atoms with Gasteiger partial charge in [0.15, 0.2) is 0 Å². The fourth-order valence-corrected chi connectivity index (χ4v) is 2.14. The molecule has 2 aromatic rings. The summed E-state index contributed by atoms with van der Waals surface area (Å²) in [6.45, 7) is 1.77. The maximum absolute atomic E-state index is 11.9. The first-order valence-corrected chi connectivity index (χ1v) is 6.09. The summed E-state index contributed by atoms with van der Waals surface area (Å²) in [5.74, 6) is -1.84. The number of phenolic OH excluding ortho intramolecular Hbond substituents is 1. The molecule has 0 spiro atoms. The molecule has 98 valence electrons. The van der Waals surface area contributed by atoms with Gasteiger partial charge in [0.1, 0.15) is 10.6 Å². The van der Waals surface area contributed by atoms with Crippen molar-refractivity contribution in [2.45, 2.75) is 6.92 Å². The molecule has 0 saturated carbocycles. The predicted molar refractivity (Wildman–Crippen MR) is 69.9 cm³/mol. The van der Waals surface area contributed by atoms with E-state index >= 15 is 0 Å². The Labute approximate surface area is 112 Å². The summed E-state index contributed by atoms with van der Waals surface area (Å²) in [5, 5.41) is 21.5.